The zero-order chi connectivity index (χ0) is 17.1. The fraction of sp³-hybridized carbons (Fsp3) is 0.471. The van der Waals surface area contributed by atoms with E-state index in [0.29, 0.717) is 44.1 Å². The fourth-order valence-corrected chi connectivity index (χ4v) is 2.96. The van der Waals surface area contributed by atoms with E-state index in [-0.39, 0.29) is 12.0 Å². The quantitative estimate of drug-likeness (QED) is 0.841. The second-order valence-corrected chi connectivity index (χ2v) is 5.90. The summed E-state index contributed by atoms with van der Waals surface area (Å²) in [6, 6.07) is 5.64. The van der Waals surface area contributed by atoms with Crippen LogP contribution in [0.4, 0.5) is 4.79 Å². The highest BCUT2D eigenvalue weighted by molar-refractivity contribution is 5.81. The van der Waals surface area contributed by atoms with Crippen molar-refractivity contribution in [2.24, 2.45) is 0 Å². The molecule has 1 fully saturated rings. The number of nitrogens with zero attached hydrogens (tertiary/aromatic N) is 3. The van der Waals surface area contributed by atoms with E-state index in [9.17, 15) is 9.59 Å². The molecule has 0 spiro atoms. The zero-order valence-electron chi connectivity index (χ0n) is 13.9. The van der Waals surface area contributed by atoms with Gasteiger partial charge in [0.15, 0.2) is 11.5 Å². The number of fused-ring (bicyclic) bond motifs is 1. The number of methoxy groups -OCH3 is 1. The molecule has 0 atom stereocenters. The maximum Gasteiger partial charge on any atom is 0.409 e. The Kier molecular flexibility index (Phi) is 4.69. The summed E-state index contributed by atoms with van der Waals surface area (Å²) in [5.74, 6) is 0.668. The summed E-state index contributed by atoms with van der Waals surface area (Å²) in [6.07, 6.45) is 0.727. The van der Waals surface area contributed by atoms with E-state index in [0.717, 1.165) is 17.5 Å². The molecule has 0 saturated carbocycles. The molecule has 0 radical (unpaired) electrons. The number of oxazole rings is 1. The van der Waals surface area contributed by atoms with Gasteiger partial charge >= 0.3 is 6.09 Å². The number of amides is 2. The first-order valence-corrected chi connectivity index (χ1v) is 8.03. The minimum atomic E-state index is -0.338. The van der Waals surface area contributed by atoms with Gasteiger partial charge in [-0.15, -0.1) is 0 Å². The summed E-state index contributed by atoms with van der Waals surface area (Å²) in [5.41, 5.74) is 2.40. The number of benzene rings is 1. The summed E-state index contributed by atoms with van der Waals surface area (Å²) < 4.78 is 10.3. The number of hydrogen-bond acceptors (Lipinski definition) is 5. The average molecular weight is 331 g/mol. The maximum atomic E-state index is 12.6. The van der Waals surface area contributed by atoms with Gasteiger partial charge in [0.1, 0.15) is 5.52 Å². The summed E-state index contributed by atoms with van der Waals surface area (Å²) in [4.78, 5) is 31.8. The second-order valence-electron chi connectivity index (χ2n) is 5.90. The van der Waals surface area contributed by atoms with E-state index >= 15 is 0 Å². The van der Waals surface area contributed by atoms with E-state index in [1.54, 1.807) is 16.7 Å². The minimum Gasteiger partial charge on any atom is -0.453 e. The van der Waals surface area contributed by atoms with Gasteiger partial charge < -0.3 is 19.0 Å². The molecule has 7 nitrogen and oxygen atoms in total. The average Bonchev–Trinajstić information content (AvgIpc) is 2.78. The van der Waals surface area contributed by atoms with Crippen LogP contribution in [0.15, 0.2) is 22.6 Å². The lowest BCUT2D eigenvalue weighted by Crippen LogP contribution is -2.37. The molecule has 0 N–H and O–H groups in total. The van der Waals surface area contributed by atoms with Crippen LogP contribution in [-0.2, 0) is 16.0 Å². The monoisotopic (exact) mass is 331 g/mol. The molecule has 2 amide bonds. The van der Waals surface area contributed by atoms with Gasteiger partial charge in [-0.2, -0.15) is 0 Å². The van der Waals surface area contributed by atoms with Gasteiger partial charge in [0, 0.05) is 33.1 Å². The van der Waals surface area contributed by atoms with Crippen LogP contribution >= 0.6 is 0 Å². The van der Waals surface area contributed by atoms with Crippen LogP contribution in [0.25, 0.3) is 11.1 Å². The molecule has 1 aliphatic rings. The predicted octanol–water partition coefficient (Wildman–Crippen LogP) is 1.98. The number of carbonyl (C=O) groups excluding carboxylic acids is 2. The Morgan fingerprint density at radius 2 is 1.96 bits per heavy atom. The smallest absolute Gasteiger partial charge is 0.409 e. The molecule has 24 heavy (non-hydrogen) atoms. The molecular weight excluding hydrogens is 310 g/mol. The first-order valence-electron chi connectivity index (χ1n) is 8.03. The number of hydrogen-bond donors (Lipinski definition) is 0. The number of ether oxygens (including phenoxy) is 1. The molecule has 1 saturated heterocycles. The molecule has 0 unspecified atom stereocenters. The van der Waals surface area contributed by atoms with Crippen molar-refractivity contribution in [1.29, 1.82) is 0 Å². The topological polar surface area (TPSA) is 75.9 Å². The number of rotatable bonds is 2. The predicted molar refractivity (Wildman–Crippen MR) is 87.6 cm³/mol. The normalized spacial score (nSPS) is 15.4. The van der Waals surface area contributed by atoms with E-state index < -0.39 is 0 Å². The van der Waals surface area contributed by atoms with Crippen LogP contribution in [0, 0.1) is 6.92 Å². The lowest BCUT2D eigenvalue weighted by atomic mass is 10.1. The van der Waals surface area contributed by atoms with Gasteiger partial charge in [0.25, 0.3) is 0 Å². The Morgan fingerprint density at radius 3 is 2.75 bits per heavy atom. The first kappa shape index (κ1) is 16.3. The summed E-state index contributed by atoms with van der Waals surface area (Å²) in [6.45, 7) is 4.08. The Morgan fingerprint density at radius 1 is 1.21 bits per heavy atom. The molecule has 0 aliphatic carbocycles. The Labute approximate surface area is 140 Å². The molecule has 1 aromatic heterocycles. The highest BCUT2D eigenvalue weighted by Gasteiger charge is 2.22. The van der Waals surface area contributed by atoms with Gasteiger partial charge in [0.2, 0.25) is 5.91 Å². The number of carbonyl (C=O) groups is 2. The summed E-state index contributed by atoms with van der Waals surface area (Å²) >= 11 is 0. The number of aromatic nitrogens is 1. The number of aryl methyl sites for hydroxylation is 1. The van der Waals surface area contributed by atoms with Crippen molar-refractivity contribution in [3.8, 4) is 0 Å². The Balaban J connectivity index is 1.64. The van der Waals surface area contributed by atoms with Crippen LogP contribution in [0.2, 0.25) is 0 Å². The van der Waals surface area contributed by atoms with Crippen LogP contribution in [0.3, 0.4) is 0 Å². The van der Waals surface area contributed by atoms with Crippen LogP contribution < -0.4 is 0 Å². The SMILES string of the molecule is COC(=O)N1CCCN(C(=O)Cc2ccc3nc(C)oc3c2)CC1. The molecule has 2 aromatic rings. The largest absolute Gasteiger partial charge is 0.453 e. The maximum absolute atomic E-state index is 12.6. The van der Waals surface area contributed by atoms with Crippen molar-refractivity contribution in [2.75, 3.05) is 33.3 Å². The van der Waals surface area contributed by atoms with E-state index in [1.165, 1.54) is 7.11 Å². The Hall–Kier alpha value is -2.57. The van der Waals surface area contributed by atoms with Crippen LogP contribution in [0.1, 0.15) is 17.9 Å². The van der Waals surface area contributed by atoms with Crippen molar-refractivity contribution in [3.63, 3.8) is 0 Å². The third kappa shape index (κ3) is 3.50. The molecule has 3 rings (SSSR count). The van der Waals surface area contributed by atoms with Gasteiger partial charge in [-0.25, -0.2) is 9.78 Å². The Bertz CT molecular complexity index is 755. The third-order valence-corrected chi connectivity index (χ3v) is 4.20. The van der Waals surface area contributed by atoms with E-state index in [2.05, 4.69) is 4.98 Å². The van der Waals surface area contributed by atoms with Crippen LogP contribution in [0.5, 0.6) is 0 Å². The first-order chi connectivity index (χ1) is 11.6. The van der Waals surface area contributed by atoms with Gasteiger partial charge in [-0.05, 0) is 24.1 Å². The summed E-state index contributed by atoms with van der Waals surface area (Å²) in [7, 11) is 1.37. The molecule has 1 aliphatic heterocycles. The van der Waals surface area contributed by atoms with E-state index in [4.69, 9.17) is 9.15 Å². The molecule has 7 heteroatoms. The van der Waals surface area contributed by atoms with Crippen molar-refractivity contribution in [1.82, 2.24) is 14.8 Å². The minimum absolute atomic E-state index is 0.0531. The third-order valence-electron chi connectivity index (χ3n) is 4.20. The fourth-order valence-electron chi connectivity index (χ4n) is 2.96. The zero-order valence-corrected chi connectivity index (χ0v) is 13.9. The van der Waals surface area contributed by atoms with Gasteiger partial charge in [-0.3, -0.25) is 4.79 Å². The second kappa shape index (κ2) is 6.90. The molecule has 0 bridgehead atoms. The van der Waals surface area contributed by atoms with Gasteiger partial charge in [0.05, 0.1) is 13.5 Å². The lowest BCUT2D eigenvalue weighted by molar-refractivity contribution is -0.130. The highest BCUT2D eigenvalue weighted by Crippen LogP contribution is 2.18. The highest BCUT2D eigenvalue weighted by atomic mass is 16.5. The van der Waals surface area contributed by atoms with Crippen molar-refractivity contribution >= 4 is 23.1 Å². The molecule has 2 heterocycles. The van der Waals surface area contributed by atoms with Crippen molar-refractivity contribution < 1.29 is 18.7 Å². The van der Waals surface area contributed by atoms with Crippen molar-refractivity contribution in [2.45, 2.75) is 19.8 Å². The van der Waals surface area contributed by atoms with E-state index in [1.807, 2.05) is 18.2 Å². The van der Waals surface area contributed by atoms with Crippen LogP contribution in [-0.4, -0.2) is 60.1 Å². The summed E-state index contributed by atoms with van der Waals surface area (Å²) in [5, 5.41) is 0. The van der Waals surface area contributed by atoms with Crippen molar-refractivity contribution in [3.05, 3.63) is 29.7 Å². The standard InChI is InChI=1S/C17H21N3O4/c1-12-18-14-5-4-13(10-15(14)24-12)11-16(21)19-6-3-7-20(9-8-19)17(22)23-2/h4-5,10H,3,6-9,11H2,1-2H3. The lowest BCUT2D eigenvalue weighted by Gasteiger charge is -2.21. The molecular formula is C17H21N3O4. The van der Waals surface area contributed by atoms with Gasteiger partial charge in [-0.1, -0.05) is 6.07 Å². The molecule has 128 valence electrons. The molecule has 1 aromatic carbocycles.